The largest absolute Gasteiger partial charge is 0.481 e. The van der Waals surface area contributed by atoms with E-state index >= 15 is 0 Å². The van der Waals surface area contributed by atoms with E-state index in [1.807, 2.05) is 0 Å². The van der Waals surface area contributed by atoms with Gasteiger partial charge in [0.25, 0.3) is 0 Å². The third kappa shape index (κ3) is 3.69. The Kier molecular flexibility index (Phi) is 5.01. The summed E-state index contributed by atoms with van der Waals surface area (Å²) in [4.78, 5) is 15.7. The van der Waals surface area contributed by atoms with Crippen molar-refractivity contribution < 1.29 is 9.90 Å². The minimum atomic E-state index is -0.673. The lowest BCUT2D eigenvalue weighted by Crippen LogP contribution is -2.42. The number of rotatable bonds is 5. The lowest BCUT2D eigenvalue weighted by molar-refractivity contribution is -0.137. The van der Waals surface area contributed by atoms with Gasteiger partial charge >= 0.3 is 5.97 Å². The van der Waals surface area contributed by atoms with Crippen molar-refractivity contribution in [1.29, 1.82) is 0 Å². The van der Waals surface area contributed by atoms with Crippen LogP contribution in [0.3, 0.4) is 0 Å². The summed E-state index contributed by atoms with van der Waals surface area (Å²) in [7, 11) is 0. The highest BCUT2D eigenvalue weighted by Gasteiger charge is 2.30. The Morgan fingerprint density at radius 3 is 2.67 bits per heavy atom. The number of carboxylic acids is 1. The summed E-state index contributed by atoms with van der Waals surface area (Å²) in [5, 5.41) is 8.73. The number of likely N-dealkylation sites (tertiary alicyclic amines) is 2. The first-order chi connectivity index (χ1) is 8.66. The maximum Gasteiger partial charge on any atom is 0.303 e. The molecular weight excluding hydrogens is 228 g/mol. The Morgan fingerprint density at radius 2 is 2.00 bits per heavy atom. The second-order valence-corrected chi connectivity index (χ2v) is 5.82. The fourth-order valence-electron chi connectivity index (χ4n) is 3.26. The summed E-state index contributed by atoms with van der Waals surface area (Å²) in [6.07, 6.45) is 6.43. The number of carbonyl (C=O) groups is 1. The molecule has 0 amide bonds. The zero-order chi connectivity index (χ0) is 13.0. The van der Waals surface area contributed by atoms with Gasteiger partial charge in [-0.15, -0.1) is 0 Å². The van der Waals surface area contributed by atoms with E-state index in [4.69, 9.17) is 5.11 Å². The predicted octanol–water partition coefficient (Wildman–Crippen LogP) is 1.80. The Hall–Kier alpha value is -0.610. The van der Waals surface area contributed by atoms with Gasteiger partial charge in [-0.3, -0.25) is 14.6 Å². The maximum atomic E-state index is 10.6. The third-order valence-corrected chi connectivity index (χ3v) is 4.50. The zero-order valence-corrected chi connectivity index (χ0v) is 11.5. The summed E-state index contributed by atoms with van der Waals surface area (Å²) in [6, 6.07) is 1.13. The third-order valence-electron chi connectivity index (χ3n) is 4.50. The van der Waals surface area contributed by atoms with Crippen LogP contribution in [0.2, 0.25) is 0 Å². The van der Waals surface area contributed by atoms with Gasteiger partial charge < -0.3 is 5.11 Å². The molecule has 2 atom stereocenters. The van der Waals surface area contributed by atoms with Crippen LogP contribution in [0.25, 0.3) is 0 Å². The lowest BCUT2D eigenvalue weighted by Gasteiger charge is -2.33. The van der Waals surface area contributed by atoms with E-state index in [9.17, 15) is 4.79 Å². The average molecular weight is 254 g/mol. The molecule has 18 heavy (non-hydrogen) atoms. The first kappa shape index (κ1) is 13.8. The normalized spacial score (nSPS) is 28.4. The molecule has 0 aromatic rings. The molecule has 2 fully saturated rings. The van der Waals surface area contributed by atoms with E-state index in [1.54, 1.807) is 0 Å². The SMILES string of the molecule is CC(CCC(=O)O)N1CCC(N2CCCCC2)C1. The molecule has 2 unspecified atom stereocenters. The second kappa shape index (κ2) is 6.53. The topological polar surface area (TPSA) is 43.8 Å². The van der Waals surface area contributed by atoms with Crippen LogP contribution in [0.5, 0.6) is 0 Å². The molecular formula is C14H26N2O2. The Balaban J connectivity index is 1.74. The monoisotopic (exact) mass is 254 g/mol. The van der Waals surface area contributed by atoms with Crippen LogP contribution < -0.4 is 0 Å². The van der Waals surface area contributed by atoms with E-state index in [0.29, 0.717) is 12.5 Å². The molecule has 0 spiro atoms. The van der Waals surface area contributed by atoms with Crippen molar-refractivity contribution >= 4 is 5.97 Å². The van der Waals surface area contributed by atoms with Crippen LogP contribution in [0, 0.1) is 0 Å². The van der Waals surface area contributed by atoms with Crippen LogP contribution in [-0.4, -0.2) is 59.1 Å². The Bertz CT molecular complexity index is 277. The quantitative estimate of drug-likeness (QED) is 0.812. The molecule has 4 heteroatoms. The number of hydrogen-bond acceptors (Lipinski definition) is 3. The van der Waals surface area contributed by atoms with Gasteiger partial charge in [-0.2, -0.15) is 0 Å². The molecule has 0 aromatic heterocycles. The van der Waals surface area contributed by atoms with Crippen molar-refractivity contribution in [2.75, 3.05) is 26.2 Å². The number of carboxylic acid groups (broad SMARTS) is 1. The molecule has 0 radical (unpaired) electrons. The van der Waals surface area contributed by atoms with Gasteiger partial charge in [0.1, 0.15) is 0 Å². The molecule has 0 bridgehead atoms. The minimum absolute atomic E-state index is 0.298. The van der Waals surface area contributed by atoms with E-state index < -0.39 is 5.97 Å². The average Bonchev–Trinajstić information content (AvgIpc) is 2.86. The van der Waals surface area contributed by atoms with E-state index in [1.165, 1.54) is 38.8 Å². The fraction of sp³-hybridized carbons (Fsp3) is 0.929. The van der Waals surface area contributed by atoms with Gasteiger partial charge in [-0.1, -0.05) is 6.42 Å². The molecule has 1 N–H and O–H groups in total. The molecule has 0 aromatic carbocycles. The van der Waals surface area contributed by atoms with E-state index in [2.05, 4.69) is 16.7 Å². The fourth-order valence-corrected chi connectivity index (χ4v) is 3.26. The van der Waals surface area contributed by atoms with Crippen LogP contribution in [0.4, 0.5) is 0 Å². The molecule has 0 aliphatic carbocycles. The molecule has 2 rings (SSSR count). The zero-order valence-electron chi connectivity index (χ0n) is 11.5. The number of nitrogens with zero attached hydrogens (tertiary/aromatic N) is 2. The van der Waals surface area contributed by atoms with Crippen molar-refractivity contribution in [2.24, 2.45) is 0 Å². The number of aliphatic carboxylic acids is 1. The highest BCUT2D eigenvalue weighted by atomic mass is 16.4. The van der Waals surface area contributed by atoms with Crippen molar-refractivity contribution in [3.63, 3.8) is 0 Å². The molecule has 2 aliphatic rings. The Morgan fingerprint density at radius 1 is 1.28 bits per heavy atom. The van der Waals surface area contributed by atoms with Gasteiger partial charge in [-0.25, -0.2) is 0 Å². The highest BCUT2D eigenvalue weighted by molar-refractivity contribution is 5.66. The molecule has 0 saturated carbocycles. The molecule has 2 heterocycles. The van der Waals surface area contributed by atoms with Gasteiger partial charge in [-0.05, 0) is 45.7 Å². The summed E-state index contributed by atoms with van der Waals surface area (Å²) < 4.78 is 0. The molecule has 104 valence electrons. The maximum absolute atomic E-state index is 10.6. The van der Waals surface area contributed by atoms with Crippen molar-refractivity contribution in [3.8, 4) is 0 Å². The summed E-state index contributed by atoms with van der Waals surface area (Å²) in [6.45, 7) is 6.98. The lowest BCUT2D eigenvalue weighted by atomic mass is 10.1. The smallest absolute Gasteiger partial charge is 0.303 e. The first-order valence-corrected chi connectivity index (χ1v) is 7.36. The first-order valence-electron chi connectivity index (χ1n) is 7.36. The summed E-state index contributed by atoms with van der Waals surface area (Å²) >= 11 is 0. The van der Waals surface area contributed by atoms with Gasteiger partial charge in [0.15, 0.2) is 0 Å². The predicted molar refractivity (Wildman–Crippen MR) is 71.7 cm³/mol. The molecule has 2 aliphatic heterocycles. The molecule has 2 saturated heterocycles. The van der Waals surface area contributed by atoms with Crippen LogP contribution >= 0.6 is 0 Å². The van der Waals surface area contributed by atoms with E-state index in [-0.39, 0.29) is 0 Å². The van der Waals surface area contributed by atoms with Crippen molar-refractivity contribution in [3.05, 3.63) is 0 Å². The number of piperidine rings is 1. The number of hydrogen-bond donors (Lipinski definition) is 1. The van der Waals surface area contributed by atoms with E-state index in [0.717, 1.165) is 25.6 Å². The highest BCUT2D eigenvalue weighted by Crippen LogP contribution is 2.22. The van der Waals surface area contributed by atoms with Crippen molar-refractivity contribution in [1.82, 2.24) is 9.80 Å². The van der Waals surface area contributed by atoms with Crippen LogP contribution in [0.15, 0.2) is 0 Å². The van der Waals surface area contributed by atoms with Gasteiger partial charge in [0.2, 0.25) is 0 Å². The summed E-state index contributed by atoms with van der Waals surface area (Å²) in [5.74, 6) is -0.673. The summed E-state index contributed by atoms with van der Waals surface area (Å²) in [5.41, 5.74) is 0. The van der Waals surface area contributed by atoms with Crippen LogP contribution in [-0.2, 0) is 4.79 Å². The molecule has 4 nitrogen and oxygen atoms in total. The van der Waals surface area contributed by atoms with Crippen LogP contribution in [0.1, 0.15) is 45.4 Å². The van der Waals surface area contributed by atoms with Gasteiger partial charge in [0, 0.05) is 31.6 Å². The van der Waals surface area contributed by atoms with Crippen molar-refractivity contribution in [2.45, 2.75) is 57.5 Å². The Labute approximate surface area is 110 Å². The second-order valence-electron chi connectivity index (χ2n) is 5.82. The van der Waals surface area contributed by atoms with Gasteiger partial charge in [0.05, 0.1) is 0 Å². The standard InChI is InChI=1S/C14H26N2O2/c1-12(5-6-14(17)18)16-10-7-13(11-16)15-8-3-2-4-9-15/h12-13H,2-11H2,1H3,(H,17,18). The minimum Gasteiger partial charge on any atom is -0.481 e.